The molecular weight excluding hydrogens is 248 g/mol. The standard InChI is InChI=1S/C12H24N4O3/c1-2-3-7-14-11(18)9-16-10(17)6-4-5-8-15-12(13)19/h2-9H2,1H3,(H,14,18)(H,16,17)(H3,13,15,19). The molecule has 0 heterocycles. The largest absolute Gasteiger partial charge is 0.355 e. The molecule has 0 rings (SSSR count). The van der Waals surface area contributed by atoms with Gasteiger partial charge < -0.3 is 21.7 Å². The van der Waals surface area contributed by atoms with Crippen LogP contribution in [-0.4, -0.2) is 37.5 Å². The SMILES string of the molecule is CCCCNC(=O)CNC(=O)CCCCNC(N)=O. The number of rotatable bonds is 10. The Kier molecular flexibility index (Phi) is 10.2. The maximum atomic E-state index is 11.4. The van der Waals surface area contributed by atoms with Crippen molar-refractivity contribution in [1.29, 1.82) is 0 Å². The van der Waals surface area contributed by atoms with Gasteiger partial charge in [-0.05, 0) is 19.3 Å². The van der Waals surface area contributed by atoms with Crippen LogP contribution < -0.4 is 21.7 Å². The lowest BCUT2D eigenvalue weighted by Gasteiger charge is -2.06. The van der Waals surface area contributed by atoms with E-state index < -0.39 is 6.03 Å². The molecule has 0 aliphatic rings. The molecule has 0 aromatic rings. The number of primary amides is 1. The number of hydrogen-bond donors (Lipinski definition) is 4. The molecular formula is C12H24N4O3. The fourth-order valence-corrected chi connectivity index (χ4v) is 1.36. The van der Waals surface area contributed by atoms with Gasteiger partial charge in [-0.15, -0.1) is 0 Å². The van der Waals surface area contributed by atoms with Gasteiger partial charge in [0.05, 0.1) is 6.54 Å². The van der Waals surface area contributed by atoms with Crippen molar-refractivity contribution >= 4 is 17.8 Å². The van der Waals surface area contributed by atoms with Gasteiger partial charge in [0.1, 0.15) is 0 Å². The first-order chi connectivity index (χ1) is 9.06. The summed E-state index contributed by atoms with van der Waals surface area (Å²) in [5, 5.41) is 7.70. The Morgan fingerprint density at radius 3 is 2.21 bits per heavy atom. The number of carbonyl (C=O) groups is 3. The molecule has 0 bridgehead atoms. The Hall–Kier alpha value is -1.79. The smallest absolute Gasteiger partial charge is 0.312 e. The van der Waals surface area contributed by atoms with Crippen molar-refractivity contribution < 1.29 is 14.4 Å². The van der Waals surface area contributed by atoms with Gasteiger partial charge in [0.15, 0.2) is 0 Å². The van der Waals surface area contributed by atoms with E-state index in [9.17, 15) is 14.4 Å². The van der Waals surface area contributed by atoms with Crippen LogP contribution >= 0.6 is 0 Å². The van der Waals surface area contributed by atoms with E-state index in [1.54, 1.807) is 0 Å². The average molecular weight is 272 g/mol. The second-order valence-corrected chi connectivity index (χ2v) is 4.23. The summed E-state index contributed by atoms with van der Waals surface area (Å²) in [6.07, 6.45) is 3.61. The van der Waals surface area contributed by atoms with Crippen LogP contribution in [0.1, 0.15) is 39.0 Å². The molecule has 5 N–H and O–H groups in total. The maximum absolute atomic E-state index is 11.4. The number of amides is 4. The third-order valence-corrected chi connectivity index (χ3v) is 2.43. The van der Waals surface area contributed by atoms with E-state index in [2.05, 4.69) is 16.0 Å². The topological polar surface area (TPSA) is 113 Å². The Labute approximate surface area is 113 Å². The number of nitrogens with two attached hydrogens (primary N) is 1. The predicted molar refractivity (Wildman–Crippen MR) is 72.4 cm³/mol. The molecule has 0 saturated carbocycles. The molecule has 0 saturated heterocycles. The van der Waals surface area contributed by atoms with Crippen molar-refractivity contribution in [3.63, 3.8) is 0 Å². The molecule has 19 heavy (non-hydrogen) atoms. The number of nitrogens with one attached hydrogen (secondary N) is 3. The van der Waals surface area contributed by atoms with E-state index in [1.807, 2.05) is 6.92 Å². The number of urea groups is 1. The van der Waals surface area contributed by atoms with E-state index >= 15 is 0 Å². The normalized spacial score (nSPS) is 9.74. The van der Waals surface area contributed by atoms with Crippen LogP contribution in [0.25, 0.3) is 0 Å². The minimum atomic E-state index is -0.562. The minimum Gasteiger partial charge on any atom is -0.355 e. The van der Waals surface area contributed by atoms with Crippen molar-refractivity contribution in [2.45, 2.75) is 39.0 Å². The van der Waals surface area contributed by atoms with Crippen LogP contribution in [0.15, 0.2) is 0 Å². The van der Waals surface area contributed by atoms with Crippen LogP contribution in [0, 0.1) is 0 Å². The van der Waals surface area contributed by atoms with Crippen LogP contribution in [-0.2, 0) is 9.59 Å². The Balaban J connectivity index is 3.43. The molecule has 0 aromatic heterocycles. The van der Waals surface area contributed by atoms with Gasteiger partial charge in [-0.1, -0.05) is 13.3 Å². The van der Waals surface area contributed by atoms with Crippen molar-refractivity contribution in [3.05, 3.63) is 0 Å². The molecule has 0 radical (unpaired) electrons. The zero-order chi connectivity index (χ0) is 14.5. The highest BCUT2D eigenvalue weighted by molar-refractivity contribution is 5.84. The Morgan fingerprint density at radius 2 is 1.58 bits per heavy atom. The molecule has 4 amide bonds. The fourth-order valence-electron chi connectivity index (χ4n) is 1.36. The zero-order valence-electron chi connectivity index (χ0n) is 11.5. The number of hydrogen-bond acceptors (Lipinski definition) is 3. The summed E-state index contributed by atoms with van der Waals surface area (Å²) >= 11 is 0. The zero-order valence-corrected chi connectivity index (χ0v) is 11.5. The monoisotopic (exact) mass is 272 g/mol. The van der Waals surface area contributed by atoms with Crippen LogP contribution in [0.3, 0.4) is 0 Å². The molecule has 0 spiro atoms. The van der Waals surface area contributed by atoms with Crippen LogP contribution in [0.4, 0.5) is 4.79 Å². The molecule has 0 atom stereocenters. The molecule has 0 fully saturated rings. The van der Waals surface area contributed by atoms with E-state index in [1.165, 1.54) is 0 Å². The van der Waals surface area contributed by atoms with Gasteiger partial charge in [0, 0.05) is 19.5 Å². The summed E-state index contributed by atoms with van der Waals surface area (Å²) in [4.78, 5) is 33.0. The second-order valence-electron chi connectivity index (χ2n) is 4.23. The summed E-state index contributed by atoms with van der Waals surface area (Å²) in [5.74, 6) is -0.332. The molecule has 0 aliphatic heterocycles. The summed E-state index contributed by atoms with van der Waals surface area (Å²) < 4.78 is 0. The summed E-state index contributed by atoms with van der Waals surface area (Å²) in [5.41, 5.74) is 4.89. The lowest BCUT2D eigenvalue weighted by molar-refractivity contribution is -0.126. The molecule has 110 valence electrons. The van der Waals surface area contributed by atoms with Crippen molar-refractivity contribution in [3.8, 4) is 0 Å². The lowest BCUT2D eigenvalue weighted by atomic mass is 10.2. The molecule has 7 nitrogen and oxygen atoms in total. The van der Waals surface area contributed by atoms with Gasteiger partial charge in [-0.2, -0.15) is 0 Å². The summed E-state index contributed by atoms with van der Waals surface area (Å²) in [6.45, 7) is 3.16. The van der Waals surface area contributed by atoms with Gasteiger partial charge in [0.2, 0.25) is 11.8 Å². The predicted octanol–water partition coefficient (Wildman–Crippen LogP) is -0.142. The van der Waals surface area contributed by atoms with E-state index in [-0.39, 0.29) is 18.4 Å². The fraction of sp³-hybridized carbons (Fsp3) is 0.750. The first-order valence-electron chi connectivity index (χ1n) is 6.63. The molecule has 0 aliphatic carbocycles. The highest BCUT2D eigenvalue weighted by Crippen LogP contribution is 1.93. The van der Waals surface area contributed by atoms with Crippen molar-refractivity contribution in [2.75, 3.05) is 19.6 Å². The van der Waals surface area contributed by atoms with Crippen LogP contribution in [0.5, 0.6) is 0 Å². The first-order valence-corrected chi connectivity index (χ1v) is 6.63. The Bertz CT molecular complexity index is 295. The molecule has 0 unspecified atom stereocenters. The quantitative estimate of drug-likeness (QED) is 0.415. The summed E-state index contributed by atoms with van der Waals surface area (Å²) in [7, 11) is 0. The summed E-state index contributed by atoms with van der Waals surface area (Å²) in [6, 6.07) is -0.562. The molecule has 0 aromatic carbocycles. The van der Waals surface area contributed by atoms with Gasteiger partial charge in [0.25, 0.3) is 0 Å². The number of carbonyl (C=O) groups excluding carboxylic acids is 3. The average Bonchev–Trinajstić information content (AvgIpc) is 2.36. The second kappa shape index (κ2) is 11.3. The van der Waals surface area contributed by atoms with Gasteiger partial charge in [-0.25, -0.2) is 4.79 Å². The third kappa shape index (κ3) is 12.5. The lowest BCUT2D eigenvalue weighted by Crippen LogP contribution is -2.37. The van der Waals surface area contributed by atoms with E-state index in [0.29, 0.717) is 32.4 Å². The van der Waals surface area contributed by atoms with Crippen molar-refractivity contribution in [1.82, 2.24) is 16.0 Å². The third-order valence-electron chi connectivity index (χ3n) is 2.43. The highest BCUT2D eigenvalue weighted by Gasteiger charge is 2.04. The minimum absolute atomic E-state index is 0.0160. The van der Waals surface area contributed by atoms with E-state index in [0.717, 1.165) is 12.8 Å². The first kappa shape index (κ1) is 17.2. The maximum Gasteiger partial charge on any atom is 0.312 e. The van der Waals surface area contributed by atoms with Crippen LogP contribution in [0.2, 0.25) is 0 Å². The van der Waals surface area contributed by atoms with E-state index in [4.69, 9.17) is 5.73 Å². The number of unbranched alkanes of at least 4 members (excludes halogenated alkanes) is 2. The highest BCUT2D eigenvalue weighted by atomic mass is 16.2. The Morgan fingerprint density at radius 1 is 0.895 bits per heavy atom. The van der Waals surface area contributed by atoms with Crippen molar-refractivity contribution in [2.24, 2.45) is 5.73 Å². The molecule has 7 heteroatoms. The van der Waals surface area contributed by atoms with Gasteiger partial charge >= 0.3 is 6.03 Å². The van der Waals surface area contributed by atoms with Gasteiger partial charge in [-0.3, -0.25) is 9.59 Å².